The van der Waals surface area contributed by atoms with Crippen molar-refractivity contribution in [2.45, 2.75) is 53.0 Å². The van der Waals surface area contributed by atoms with Gasteiger partial charge in [0, 0.05) is 19.6 Å². The summed E-state index contributed by atoms with van der Waals surface area (Å²) in [6, 6.07) is 1.92. The molecule has 0 unspecified atom stereocenters. The van der Waals surface area contributed by atoms with E-state index in [0.717, 1.165) is 37.8 Å². The summed E-state index contributed by atoms with van der Waals surface area (Å²) in [6.07, 6.45) is 2.54. The Morgan fingerprint density at radius 3 is 2.68 bits per heavy atom. The van der Waals surface area contributed by atoms with Gasteiger partial charge in [-0.1, -0.05) is 20.8 Å². The Balaban J connectivity index is 1.84. The lowest BCUT2D eigenvalue weighted by atomic mass is 9.99. The highest BCUT2D eigenvalue weighted by Crippen LogP contribution is 2.16. The topological polar surface area (TPSA) is 50.2 Å². The second kappa shape index (κ2) is 7.77. The van der Waals surface area contributed by atoms with E-state index in [4.69, 9.17) is 0 Å². The summed E-state index contributed by atoms with van der Waals surface area (Å²) in [4.78, 5) is 14.8. The zero-order chi connectivity index (χ0) is 16.1. The molecule has 1 aliphatic heterocycles. The van der Waals surface area contributed by atoms with Crippen LogP contribution < -0.4 is 5.32 Å². The number of likely N-dealkylation sites (tertiary alicyclic amines) is 1. The Morgan fingerprint density at radius 2 is 2.09 bits per heavy atom. The van der Waals surface area contributed by atoms with Crippen LogP contribution in [0.3, 0.4) is 0 Å². The number of carbonyl (C=O) groups excluding carboxylic acids is 1. The van der Waals surface area contributed by atoms with Crippen molar-refractivity contribution in [2.24, 2.45) is 5.92 Å². The van der Waals surface area contributed by atoms with E-state index in [0.29, 0.717) is 18.2 Å². The number of piperidine rings is 1. The Morgan fingerprint density at radius 1 is 1.41 bits per heavy atom. The smallest absolute Gasteiger partial charge is 0.269 e. The lowest BCUT2D eigenvalue weighted by Crippen LogP contribution is -2.39. The summed E-state index contributed by atoms with van der Waals surface area (Å²) in [5.74, 6) is 1.18. The largest absolute Gasteiger partial charge is 0.349 e. The number of carbonyl (C=O) groups is 1. The molecule has 2 rings (SSSR count). The van der Waals surface area contributed by atoms with Crippen LogP contribution in [-0.4, -0.2) is 46.8 Å². The zero-order valence-electron chi connectivity index (χ0n) is 14.4. The quantitative estimate of drug-likeness (QED) is 0.878. The molecule has 0 saturated carbocycles. The van der Waals surface area contributed by atoms with Gasteiger partial charge >= 0.3 is 0 Å². The lowest BCUT2D eigenvalue weighted by Gasteiger charge is -2.30. The maximum absolute atomic E-state index is 12.4. The van der Waals surface area contributed by atoms with Crippen molar-refractivity contribution in [2.75, 3.05) is 26.2 Å². The fraction of sp³-hybridized carbons (Fsp3) is 0.765. The van der Waals surface area contributed by atoms with Crippen LogP contribution in [0, 0.1) is 5.92 Å². The maximum Gasteiger partial charge on any atom is 0.269 e. The van der Waals surface area contributed by atoms with E-state index in [1.165, 1.54) is 12.8 Å². The minimum Gasteiger partial charge on any atom is -0.349 e. The molecule has 1 aliphatic rings. The van der Waals surface area contributed by atoms with E-state index in [2.05, 4.69) is 36.1 Å². The molecule has 0 spiro atoms. The second-order valence-corrected chi connectivity index (χ2v) is 6.70. The molecule has 22 heavy (non-hydrogen) atoms. The van der Waals surface area contributed by atoms with E-state index in [9.17, 15) is 4.79 Å². The van der Waals surface area contributed by atoms with Gasteiger partial charge in [-0.25, -0.2) is 0 Å². The third kappa shape index (κ3) is 4.32. The van der Waals surface area contributed by atoms with Gasteiger partial charge in [0.05, 0.1) is 5.69 Å². The number of aryl methyl sites for hydroxylation is 1. The van der Waals surface area contributed by atoms with Gasteiger partial charge in [-0.3, -0.25) is 9.48 Å². The molecular formula is C17H30N4O. The van der Waals surface area contributed by atoms with Gasteiger partial charge in [-0.15, -0.1) is 0 Å². The third-order valence-corrected chi connectivity index (χ3v) is 4.51. The van der Waals surface area contributed by atoms with Gasteiger partial charge in [-0.05, 0) is 50.8 Å². The Bertz CT molecular complexity index is 487. The molecule has 2 heterocycles. The Labute approximate surface area is 134 Å². The first-order chi connectivity index (χ1) is 10.5. The van der Waals surface area contributed by atoms with E-state index >= 15 is 0 Å². The molecule has 124 valence electrons. The highest BCUT2D eigenvalue weighted by molar-refractivity contribution is 5.92. The molecule has 1 fully saturated rings. The SMILES string of the molecule is CCn1nc(C(C)C)cc1C(=O)NCCN1CCC(C)CC1. The minimum absolute atomic E-state index is 0.00775. The Kier molecular flexibility index (Phi) is 6.00. The van der Waals surface area contributed by atoms with Gasteiger partial charge in [0.15, 0.2) is 0 Å². The van der Waals surface area contributed by atoms with Crippen molar-refractivity contribution in [3.05, 3.63) is 17.5 Å². The van der Waals surface area contributed by atoms with E-state index in [1.807, 2.05) is 13.0 Å². The number of nitrogens with zero attached hydrogens (tertiary/aromatic N) is 3. The first kappa shape index (κ1) is 17.0. The number of nitrogens with one attached hydrogen (secondary N) is 1. The molecule has 1 aromatic rings. The van der Waals surface area contributed by atoms with Gasteiger partial charge in [-0.2, -0.15) is 5.10 Å². The standard InChI is InChI=1S/C17H30N4O/c1-5-21-16(12-15(19-21)13(2)3)17(22)18-8-11-20-9-6-14(4)7-10-20/h12-14H,5-11H2,1-4H3,(H,18,22). The first-order valence-corrected chi connectivity index (χ1v) is 8.59. The summed E-state index contributed by atoms with van der Waals surface area (Å²) >= 11 is 0. The van der Waals surface area contributed by atoms with Crippen molar-refractivity contribution in [3.8, 4) is 0 Å². The van der Waals surface area contributed by atoms with Crippen LogP contribution in [0.15, 0.2) is 6.07 Å². The lowest BCUT2D eigenvalue weighted by molar-refractivity contribution is 0.0934. The summed E-state index contributed by atoms with van der Waals surface area (Å²) in [5.41, 5.74) is 1.66. The number of aromatic nitrogens is 2. The van der Waals surface area contributed by atoms with E-state index < -0.39 is 0 Å². The van der Waals surface area contributed by atoms with Crippen molar-refractivity contribution < 1.29 is 4.79 Å². The number of amides is 1. The summed E-state index contributed by atoms with van der Waals surface area (Å²) < 4.78 is 1.80. The predicted molar refractivity (Wildman–Crippen MR) is 89.2 cm³/mol. The normalized spacial score (nSPS) is 17.1. The molecule has 0 radical (unpaired) electrons. The summed E-state index contributed by atoms with van der Waals surface area (Å²) in [7, 11) is 0. The monoisotopic (exact) mass is 306 g/mol. The van der Waals surface area contributed by atoms with Gasteiger partial charge in [0.1, 0.15) is 5.69 Å². The summed E-state index contributed by atoms with van der Waals surface area (Å²) in [5, 5.41) is 7.54. The van der Waals surface area contributed by atoms with Crippen molar-refractivity contribution in [1.29, 1.82) is 0 Å². The molecule has 1 N–H and O–H groups in total. The average molecular weight is 306 g/mol. The van der Waals surface area contributed by atoms with Gasteiger partial charge < -0.3 is 10.2 Å². The molecule has 5 heteroatoms. The highest BCUT2D eigenvalue weighted by atomic mass is 16.2. The average Bonchev–Trinajstić information content (AvgIpc) is 2.94. The van der Waals surface area contributed by atoms with E-state index in [-0.39, 0.29) is 5.91 Å². The van der Waals surface area contributed by atoms with Crippen LogP contribution in [0.5, 0.6) is 0 Å². The maximum atomic E-state index is 12.4. The molecular weight excluding hydrogens is 276 g/mol. The molecule has 0 bridgehead atoms. The van der Waals surface area contributed by atoms with Crippen LogP contribution in [-0.2, 0) is 6.54 Å². The van der Waals surface area contributed by atoms with E-state index in [1.54, 1.807) is 4.68 Å². The fourth-order valence-corrected chi connectivity index (χ4v) is 2.85. The van der Waals surface area contributed by atoms with Gasteiger partial charge in [0.2, 0.25) is 0 Å². The summed E-state index contributed by atoms with van der Waals surface area (Å²) in [6.45, 7) is 13.2. The number of hydrogen-bond donors (Lipinski definition) is 1. The van der Waals surface area contributed by atoms with Gasteiger partial charge in [0.25, 0.3) is 5.91 Å². The van der Waals surface area contributed by atoms with Crippen LogP contribution in [0.25, 0.3) is 0 Å². The van der Waals surface area contributed by atoms with Crippen LogP contribution in [0.1, 0.15) is 62.6 Å². The van der Waals surface area contributed by atoms with Crippen molar-refractivity contribution in [3.63, 3.8) is 0 Å². The van der Waals surface area contributed by atoms with Crippen LogP contribution in [0.4, 0.5) is 0 Å². The van der Waals surface area contributed by atoms with Crippen molar-refractivity contribution >= 4 is 5.91 Å². The zero-order valence-corrected chi connectivity index (χ0v) is 14.4. The molecule has 0 aliphatic carbocycles. The number of rotatable bonds is 6. The molecule has 0 aromatic carbocycles. The third-order valence-electron chi connectivity index (χ3n) is 4.51. The number of hydrogen-bond acceptors (Lipinski definition) is 3. The molecule has 5 nitrogen and oxygen atoms in total. The molecule has 1 amide bonds. The predicted octanol–water partition coefficient (Wildman–Crippen LogP) is 2.49. The first-order valence-electron chi connectivity index (χ1n) is 8.59. The second-order valence-electron chi connectivity index (χ2n) is 6.70. The molecule has 1 saturated heterocycles. The molecule has 0 atom stereocenters. The fourth-order valence-electron chi connectivity index (χ4n) is 2.85. The van der Waals surface area contributed by atoms with Crippen LogP contribution in [0.2, 0.25) is 0 Å². The highest BCUT2D eigenvalue weighted by Gasteiger charge is 2.18. The van der Waals surface area contributed by atoms with Crippen molar-refractivity contribution in [1.82, 2.24) is 20.0 Å². The Hall–Kier alpha value is -1.36. The molecule has 1 aromatic heterocycles. The minimum atomic E-state index is -0.00775. The van der Waals surface area contributed by atoms with Crippen LogP contribution >= 0.6 is 0 Å².